The fourth-order valence-electron chi connectivity index (χ4n) is 2.37. The molecule has 0 fully saturated rings. The second-order valence-corrected chi connectivity index (χ2v) is 6.86. The molecule has 2 aromatic rings. The molecule has 0 unspecified atom stereocenters. The molecule has 26 heavy (non-hydrogen) atoms. The van der Waals surface area contributed by atoms with Gasteiger partial charge < -0.3 is 16.0 Å². The fourth-order valence-corrected chi connectivity index (χ4v) is 2.68. The topological polar surface area (TPSA) is 74.8 Å². The SMILES string of the molecule is Cc1c(Cl)cccc1NC(=O)CNC(=O)C[NH2+][C@@H](C)c1ccc(Cl)cc1. The summed E-state index contributed by atoms with van der Waals surface area (Å²) in [5.41, 5.74) is 2.51. The molecular weight excluding hydrogens is 373 g/mol. The van der Waals surface area contributed by atoms with Gasteiger partial charge in [-0.2, -0.15) is 0 Å². The predicted octanol–water partition coefficient (Wildman–Crippen LogP) is 2.68. The molecule has 5 nitrogen and oxygen atoms in total. The number of hydrogen-bond acceptors (Lipinski definition) is 2. The number of carbonyl (C=O) groups excluding carboxylic acids is 2. The summed E-state index contributed by atoms with van der Waals surface area (Å²) < 4.78 is 0. The van der Waals surface area contributed by atoms with Crippen LogP contribution in [0, 0.1) is 6.92 Å². The Kier molecular flexibility index (Phi) is 7.45. The molecule has 138 valence electrons. The van der Waals surface area contributed by atoms with Gasteiger partial charge in [-0.25, -0.2) is 0 Å². The summed E-state index contributed by atoms with van der Waals surface area (Å²) in [4.78, 5) is 23.9. The minimum atomic E-state index is -0.297. The zero-order chi connectivity index (χ0) is 19.1. The van der Waals surface area contributed by atoms with Gasteiger partial charge in [-0.05, 0) is 43.7 Å². The number of anilines is 1. The Hall–Kier alpha value is -2.08. The molecule has 0 saturated heterocycles. The maximum atomic E-state index is 12.0. The maximum absolute atomic E-state index is 12.0. The highest BCUT2D eigenvalue weighted by molar-refractivity contribution is 6.31. The van der Waals surface area contributed by atoms with Crippen LogP contribution in [-0.4, -0.2) is 24.9 Å². The third kappa shape index (κ3) is 6.02. The number of nitrogens with two attached hydrogens (primary N) is 1. The van der Waals surface area contributed by atoms with Crippen molar-refractivity contribution in [2.24, 2.45) is 0 Å². The van der Waals surface area contributed by atoms with Gasteiger partial charge in [0.1, 0.15) is 6.04 Å². The molecule has 4 N–H and O–H groups in total. The fraction of sp³-hybridized carbons (Fsp3) is 0.263. The van der Waals surface area contributed by atoms with Gasteiger partial charge in [0, 0.05) is 21.3 Å². The monoisotopic (exact) mass is 394 g/mol. The molecule has 0 radical (unpaired) electrons. The van der Waals surface area contributed by atoms with Gasteiger partial charge in [-0.15, -0.1) is 0 Å². The first-order chi connectivity index (χ1) is 12.4. The van der Waals surface area contributed by atoms with E-state index in [-0.39, 0.29) is 30.9 Å². The van der Waals surface area contributed by atoms with Crippen molar-refractivity contribution in [3.63, 3.8) is 0 Å². The first-order valence-corrected chi connectivity index (χ1v) is 9.03. The van der Waals surface area contributed by atoms with E-state index in [0.717, 1.165) is 11.1 Å². The molecular formula is C19H22Cl2N3O2+. The van der Waals surface area contributed by atoms with E-state index in [2.05, 4.69) is 10.6 Å². The first kappa shape index (κ1) is 20.2. The minimum Gasteiger partial charge on any atom is -0.342 e. The van der Waals surface area contributed by atoms with Crippen LogP contribution in [-0.2, 0) is 9.59 Å². The van der Waals surface area contributed by atoms with E-state index in [1.165, 1.54) is 0 Å². The Balaban J connectivity index is 1.75. The molecule has 0 spiro atoms. The van der Waals surface area contributed by atoms with E-state index < -0.39 is 0 Å². The number of nitrogens with one attached hydrogen (secondary N) is 2. The molecule has 0 aliphatic carbocycles. The standard InChI is InChI=1S/C19H21Cl2N3O2/c1-12-16(21)4-3-5-17(12)24-19(26)11-23-18(25)10-22-13(2)14-6-8-15(20)9-7-14/h3-9,13,22H,10-11H2,1-2H3,(H,23,25)(H,24,26)/p+1/t13-/m0/s1. The lowest BCUT2D eigenvalue weighted by Crippen LogP contribution is -2.87. The van der Waals surface area contributed by atoms with Crippen molar-refractivity contribution < 1.29 is 14.9 Å². The molecule has 2 aromatic carbocycles. The summed E-state index contributed by atoms with van der Waals surface area (Å²) in [5.74, 6) is -0.502. The zero-order valence-electron chi connectivity index (χ0n) is 14.7. The average Bonchev–Trinajstić information content (AvgIpc) is 2.62. The molecule has 0 saturated carbocycles. The smallest absolute Gasteiger partial charge is 0.275 e. The van der Waals surface area contributed by atoms with Crippen LogP contribution in [0.3, 0.4) is 0 Å². The number of quaternary nitrogens is 1. The molecule has 1 atom stereocenters. The molecule has 2 rings (SSSR count). The van der Waals surface area contributed by atoms with Crippen molar-refractivity contribution in [2.45, 2.75) is 19.9 Å². The van der Waals surface area contributed by atoms with Crippen molar-refractivity contribution in [3.8, 4) is 0 Å². The lowest BCUT2D eigenvalue weighted by molar-refractivity contribution is -0.682. The second kappa shape index (κ2) is 9.57. The molecule has 0 heterocycles. The van der Waals surface area contributed by atoms with Gasteiger partial charge in [0.05, 0.1) is 6.54 Å². The van der Waals surface area contributed by atoms with E-state index in [4.69, 9.17) is 23.2 Å². The number of rotatable bonds is 7. The highest BCUT2D eigenvalue weighted by Crippen LogP contribution is 2.22. The maximum Gasteiger partial charge on any atom is 0.275 e. The normalized spacial score (nSPS) is 11.7. The summed E-state index contributed by atoms with van der Waals surface area (Å²) in [6.45, 7) is 3.97. The zero-order valence-corrected chi connectivity index (χ0v) is 16.2. The van der Waals surface area contributed by atoms with Crippen molar-refractivity contribution in [1.29, 1.82) is 0 Å². The van der Waals surface area contributed by atoms with Crippen LogP contribution in [0.4, 0.5) is 5.69 Å². The lowest BCUT2D eigenvalue weighted by atomic mass is 10.1. The van der Waals surface area contributed by atoms with Crippen LogP contribution >= 0.6 is 23.2 Å². The van der Waals surface area contributed by atoms with E-state index in [9.17, 15) is 9.59 Å². The molecule has 0 bridgehead atoms. The minimum absolute atomic E-state index is 0.0893. The number of halogens is 2. The largest absolute Gasteiger partial charge is 0.342 e. The van der Waals surface area contributed by atoms with E-state index in [0.29, 0.717) is 15.7 Å². The first-order valence-electron chi connectivity index (χ1n) is 8.27. The molecule has 0 aromatic heterocycles. The van der Waals surface area contributed by atoms with Crippen molar-refractivity contribution >= 4 is 40.7 Å². The van der Waals surface area contributed by atoms with Gasteiger partial charge in [0.2, 0.25) is 5.91 Å². The Bertz CT molecular complexity index is 779. The van der Waals surface area contributed by atoms with Crippen molar-refractivity contribution in [1.82, 2.24) is 5.32 Å². The van der Waals surface area contributed by atoms with Gasteiger partial charge in [0.15, 0.2) is 6.54 Å². The summed E-state index contributed by atoms with van der Waals surface area (Å²) in [6.07, 6.45) is 0. The number of benzene rings is 2. The van der Waals surface area contributed by atoms with Gasteiger partial charge >= 0.3 is 0 Å². The summed E-state index contributed by atoms with van der Waals surface area (Å²) in [6, 6.07) is 12.9. The van der Waals surface area contributed by atoms with Crippen molar-refractivity contribution in [3.05, 3.63) is 63.6 Å². The van der Waals surface area contributed by atoms with Crippen LogP contribution in [0.5, 0.6) is 0 Å². The van der Waals surface area contributed by atoms with Gasteiger partial charge in [-0.1, -0.05) is 41.4 Å². The van der Waals surface area contributed by atoms with Crippen LogP contribution < -0.4 is 16.0 Å². The summed E-state index contributed by atoms with van der Waals surface area (Å²) in [5, 5.41) is 8.52. The molecule has 2 amide bonds. The highest BCUT2D eigenvalue weighted by Gasteiger charge is 2.13. The van der Waals surface area contributed by atoms with Crippen LogP contribution in [0.25, 0.3) is 0 Å². The van der Waals surface area contributed by atoms with Crippen molar-refractivity contribution in [2.75, 3.05) is 18.4 Å². The predicted molar refractivity (Wildman–Crippen MR) is 104 cm³/mol. The molecule has 0 aliphatic rings. The Morgan fingerprint density at radius 1 is 1.08 bits per heavy atom. The van der Waals surface area contributed by atoms with E-state index in [1.54, 1.807) is 18.2 Å². The number of carbonyl (C=O) groups is 2. The van der Waals surface area contributed by atoms with E-state index in [1.807, 2.05) is 43.4 Å². The van der Waals surface area contributed by atoms with Crippen LogP contribution in [0.2, 0.25) is 10.0 Å². The third-order valence-electron chi connectivity index (χ3n) is 4.04. The molecule has 0 aliphatic heterocycles. The number of amides is 2. The van der Waals surface area contributed by atoms with Gasteiger partial charge in [0.25, 0.3) is 5.91 Å². The highest BCUT2D eigenvalue weighted by atomic mass is 35.5. The van der Waals surface area contributed by atoms with Crippen LogP contribution in [0.15, 0.2) is 42.5 Å². The number of hydrogen-bond donors (Lipinski definition) is 3. The molecule has 7 heteroatoms. The third-order valence-corrected chi connectivity index (χ3v) is 4.70. The Morgan fingerprint density at radius 2 is 1.77 bits per heavy atom. The Morgan fingerprint density at radius 3 is 2.46 bits per heavy atom. The average molecular weight is 395 g/mol. The quantitative estimate of drug-likeness (QED) is 0.675. The summed E-state index contributed by atoms with van der Waals surface area (Å²) in [7, 11) is 0. The van der Waals surface area contributed by atoms with Crippen LogP contribution in [0.1, 0.15) is 24.1 Å². The van der Waals surface area contributed by atoms with E-state index >= 15 is 0 Å². The summed E-state index contributed by atoms with van der Waals surface area (Å²) >= 11 is 11.9. The second-order valence-electron chi connectivity index (χ2n) is 6.02. The van der Waals surface area contributed by atoms with Gasteiger partial charge in [-0.3, -0.25) is 9.59 Å². The lowest BCUT2D eigenvalue weighted by Gasteiger charge is -2.12. The Labute approximate surface area is 163 Å².